The topological polar surface area (TPSA) is 64.3 Å². The lowest BCUT2D eigenvalue weighted by Gasteiger charge is -2.07. The Hall–Kier alpha value is -1.43. The van der Waals surface area contributed by atoms with E-state index in [4.69, 9.17) is 0 Å². The van der Waals surface area contributed by atoms with Crippen LogP contribution in [0.5, 0.6) is 0 Å². The molecule has 2 aromatic heterocycles. The lowest BCUT2D eigenvalue weighted by molar-refractivity contribution is 0.585. The van der Waals surface area contributed by atoms with Crippen LogP contribution in [0.1, 0.15) is 24.2 Å². The molecule has 3 heterocycles. The summed E-state index contributed by atoms with van der Waals surface area (Å²) in [6.07, 6.45) is 3.92. The van der Waals surface area contributed by atoms with E-state index in [2.05, 4.69) is 10.2 Å². The summed E-state index contributed by atoms with van der Waals surface area (Å²) in [6, 6.07) is 3.87. The number of nitrogens with zero attached hydrogens (tertiary/aromatic N) is 3. The van der Waals surface area contributed by atoms with E-state index in [9.17, 15) is 8.42 Å². The maximum absolute atomic E-state index is 11.8. The van der Waals surface area contributed by atoms with Gasteiger partial charge in [-0.3, -0.25) is 4.40 Å². The number of rotatable bonds is 2. The minimum atomic E-state index is -2.92. The van der Waals surface area contributed by atoms with Crippen LogP contribution >= 0.6 is 0 Å². The van der Waals surface area contributed by atoms with Crippen molar-refractivity contribution >= 4 is 15.5 Å². The van der Waals surface area contributed by atoms with Crippen molar-refractivity contribution in [2.75, 3.05) is 5.75 Å². The van der Waals surface area contributed by atoms with Crippen LogP contribution in [0.4, 0.5) is 0 Å². The molecule has 1 aliphatic rings. The molecule has 0 amide bonds. The van der Waals surface area contributed by atoms with E-state index >= 15 is 0 Å². The Morgan fingerprint density at radius 1 is 1.39 bits per heavy atom. The first kappa shape index (κ1) is 11.6. The summed E-state index contributed by atoms with van der Waals surface area (Å²) in [5, 5.41) is 7.90. The van der Waals surface area contributed by atoms with Gasteiger partial charge < -0.3 is 0 Å². The molecule has 3 rings (SSSR count). The zero-order chi connectivity index (χ0) is 12.8. The average molecular weight is 265 g/mol. The summed E-state index contributed by atoms with van der Waals surface area (Å²) in [5.74, 6) is 1.05. The Morgan fingerprint density at radius 3 is 2.94 bits per heavy atom. The molecular formula is C12H15N3O2S. The van der Waals surface area contributed by atoms with Crippen molar-refractivity contribution in [1.82, 2.24) is 14.6 Å². The second-order valence-corrected chi connectivity index (χ2v) is 7.29. The first-order chi connectivity index (χ1) is 8.56. The van der Waals surface area contributed by atoms with Gasteiger partial charge in [0.1, 0.15) is 5.82 Å². The average Bonchev–Trinajstić information content (AvgIpc) is 2.84. The van der Waals surface area contributed by atoms with Gasteiger partial charge in [-0.2, -0.15) is 0 Å². The van der Waals surface area contributed by atoms with Crippen molar-refractivity contribution in [1.29, 1.82) is 0 Å². The zero-order valence-electron chi connectivity index (χ0n) is 10.2. The van der Waals surface area contributed by atoms with E-state index < -0.39 is 9.84 Å². The Balaban J connectivity index is 1.98. The molecule has 1 unspecified atom stereocenters. The van der Waals surface area contributed by atoms with E-state index in [0.717, 1.165) is 29.9 Å². The van der Waals surface area contributed by atoms with Gasteiger partial charge in [0.15, 0.2) is 15.5 Å². The molecule has 96 valence electrons. The fourth-order valence-electron chi connectivity index (χ4n) is 2.47. The third-order valence-electron chi connectivity index (χ3n) is 3.49. The molecule has 1 aliphatic heterocycles. The highest BCUT2D eigenvalue weighted by molar-refractivity contribution is 7.92. The van der Waals surface area contributed by atoms with E-state index in [1.165, 1.54) is 0 Å². The van der Waals surface area contributed by atoms with Crippen LogP contribution in [0.2, 0.25) is 0 Å². The van der Waals surface area contributed by atoms with E-state index in [0.29, 0.717) is 12.2 Å². The van der Waals surface area contributed by atoms with Crippen molar-refractivity contribution in [2.45, 2.75) is 31.4 Å². The maximum atomic E-state index is 11.8. The fraction of sp³-hybridized carbons (Fsp3) is 0.500. The number of pyridine rings is 1. The summed E-state index contributed by atoms with van der Waals surface area (Å²) in [6.45, 7) is 2.00. The summed E-state index contributed by atoms with van der Waals surface area (Å²) in [4.78, 5) is 0. The van der Waals surface area contributed by atoms with E-state index in [1.54, 1.807) is 0 Å². The number of sulfone groups is 1. The standard InChI is InChI=1S/C12H15N3O2S/c1-9-4-5-11-13-14-12(15(11)8-9)7-10-3-2-6-18(10,16)17/h4-5,8,10H,2-3,6-7H2,1H3. The third-order valence-corrected chi connectivity index (χ3v) is 5.77. The molecule has 0 spiro atoms. The van der Waals surface area contributed by atoms with Crippen LogP contribution in [0, 0.1) is 6.92 Å². The first-order valence-electron chi connectivity index (χ1n) is 6.08. The van der Waals surface area contributed by atoms with Crippen molar-refractivity contribution in [3.05, 3.63) is 29.7 Å². The lowest BCUT2D eigenvalue weighted by atomic mass is 10.2. The molecule has 6 heteroatoms. The Labute approximate surface area is 106 Å². The summed E-state index contributed by atoms with van der Waals surface area (Å²) >= 11 is 0. The molecule has 0 aromatic carbocycles. The van der Waals surface area contributed by atoms with Crippen LogP contribution in [0.15, 0.2) is 18.3 Å². The molecule has 0 aliphatic carbocycles. The molecule has 0 radical (unpaired) electrons. The van der Waals surface area contributed by atoms with Crippen molar-refractivity contribution in [3.8, 4) is 0 Å². The van der Waals surface area contributed by atoms with E-state index in [1.807, 2.05) is 29.7 Å². The predicted molar refractivity (Wildman–Crippen MR) is 68.2 cm³/mol. The molecule has 0 saturated carbocycles. The quantitative estimate of drug-likeness (QED) is 0.817. The largest absolute Gasteiger partial charge is 0.286 e. The van der Waals surface area contributed by atoms with Gasteiger partial charge in [0.05, 0.1) is 11.0 Å². The normalized spacial score (nSPS) is 22.6. The number of hydrogen-bond donors (Lipinski definition) is 0. The SMILES string of the molecule is Cc1ccc2nnc(CC3CCCS3(=O)=O)n2c1. The Kier molecular flexibility index (Phi) is 2.62. The molecule has 18 heavy (non-hydrogen) atoms. The molecule has 1 atom stereocenters. The Bertz CT molecular complexity index is 690. The predicted octanol–water partition coefficient (Wildman–Crippen LogP) is 1.16. The number of fused-ring (bicyclic) bond motifs is 1. The van der Waals surface area contributed by atoms with Gasteiger partial charge in [0.2, 0.25) is 0 Å². The third kappa shape index (κ3) is 1.90. The van der Waals surface area contributed by atoms with E-state index in [-0.39, 0.29) is 5.25 Å². The zero-order valence-corrected chi connectivity index (χ0v) is 11.0. The fourth-order valence-corrected chi connectivity index (χ4v) is 4.31. The second-order valence-electron chi connectivity index (χ2n) is 4.89. The van der Waals surface area contributed by atoms with Gasteiger partial charge in [-0.05, 0) is 31.4 Å². The van der Waals surface area contributed by atoms with Crippen LogP contribution in [0.25, 0.3) is 5.65 Å². The minimum Gasteiger partial charge on any atom is -0.286 e. The number of hydrogen-bond acceptors (Lipinski definition) is 4. The lowest BCUT2D eigenvalue weighted by Crippen LogP contribution is -2.20. The van der Waals surface area contributed by atoms with Gasteiger partial charge in [-0.15, -0.1) is 10.2 Å². The molecule has 1 fully saturated rings. The van der Waals surface area contributed by atoms with Crippen LogP contribution < -0.4 is 0 Å². The molecule has 5 nitrogen and oxygen atoms in total. The van der Waals surface area contributed by atoms with Crippen LogP contribution in [-0.2, 0) is 16.3 Å². The summed E-state index contributed by atoms with van der Waals surface area (Å²) in [5.41, 5.74) is 1.88. The summed E-state index contributed by atoms with van der Waals surface area (Å²) < 4.78 is 25.6. The molecule has 2 aromatic rings. The second kappa shape index (κ2) is 4.05. The highest BCUT2D eigenvalue weighted by atomic mass is 32.2. The smallest absolute Gasteiger partial charge is 0.160 e. The van der Waals surface area contributed by atoms with Gasteiger partial charge in [-0.1, -0.05) is 6.07 Å². The molecule has 0 bridgehead atoms. The van der Waals surface area contributed by atoms with Gasteiger partial charge in [0, 0.05) is 12.6 Å². The van der Waals surface area contributed by atoms with Crippen molar-refractivity contribution < 1.29 is 8.42 Å². The highest BCUT2D eigenvalue weighted by Gasteiger charge is 2.32. The molecule has 0 N–H and O–H groups in total. The maximum Gasteiger partial charge on any atom is 0.160 e. The molecular weight excluding hydrogens is 250 g/mol. The highest BCUT2D eigenvalue weighted by Crippen LogP contribution is 2.23. The monoisotopic (exact) mass is 265 g/mol. The molecule has 1 saturated heterocycles. The summed E-state index contributed by atoms with van der Waals surface area (Å²) in [7, 11) is -2.92. The van der Waals surface area contributed by atoms with Crippen molar-refractivity contribution in [3.63, 3.8) is 0 Å². The van der Waals surface area contributed by atoms with Gasteiger partial charge >= 0.3 is 0 Å². The first-order valence-corrected chi connectivity index (χ1v) is 7.80. The number of aryl methyl sites for hydroxylation is 1. The van der Waals surface area contributed by atoms with Gasteiger partial charge in [0.25, 0.3) is 0 Å². The van der Waals surface area contributed by atoms with Gasteiger partial charge in [-0.25, -0.2) is 8.42 Å². The minimum absolute atomic E-state index is 0.287. The van der Waals surface area contributed by atoms with Crippen molar-refractivity contribution in [2.24, 2.45) is 0 Å². The van der Waals surface area contributed by atoms with Crippen LogP contribution in [-0.4, -0.2) is 34.0 Å². The Morgan fingerprint density at radius 2 is 2.22 bits per heavy atom. The van der Waals surface area contributed by atoms with Crippen LogP contribution in [0.3, 0.4) is 0 Å². The number of aromatic nitrogens is 3.